The molecular formula is C52H91N25O14S2. The summed E-state index contributed by atoms with van der Waals surface area (Å²) >= 11 is 0. The average Bonchev–Trinajstić information content (AvgIpc) is 1.14. The lowest BCUT2D eigenvalue weighted by Crippen LogP contribution is -2.60. The van der Waals surface area contributed by atoms with Crippen molar-refractivity contribution in [2.24, 2.45) is 77.5 Å². The van der Waals surface area contributed by atoms with Crippen molar-refractivity contribution >= 4 is 116 Å². The van der Waals surface area contributed by atoms with Crippen molar-refractivity contribution in [1.29, 1.82) is 0 Å². The second-order valence-electron chi connectivity index (χ2n) is 22.1. The number of carboxylic acid groups (broad SMARTS) is 2. The summed E-state index contributed by atoms with van der Waals surface area (Å²) in [5, 5.41) is 44.8. The third-order valence-electron chi connectivity index (χ3n) is 13.3. The molecule has 0 unspecified atom stereocenters. The Labute approximate surface area is 543 Å². The molecule has 0 bridgehead atoms. The third kappa shape index (κ3) is 32.4. The molecule has 2 rings (SSSR count). The van der Waals surface area contributed by atoms with Crippen LogP contribution in [0.15, 0.2) is 32.5 Å². The molecule has 0 radical (unpaired) electrons. The number of imidazole rings is 1. The molecule has 9 atom stereocenters. The Morgan fingerprint density at radius 2 is 1.11 bits per heavy atom. The van der Waals surface area contributed by atoms with Gasteiger partial charge in [-0.3, -0.25) is 72.7 Å². The number of nitrogens with zero attached hydrogens (tertiary/aromatic N) is 5. The molecule has 39 nitrogen and oxygen atoms in total. The van der Waals surface area contributed by atoms with Crippen LogP contribution in [0.5, 0.6) is 0 Å². The van der Waals surface area contributed by atoms with Gasteiger partial charge in [-0.15, -0.1) is 0 Å². The zero-order valence-electron chi connectivity index (χ0n) is 52.2. The van der Waals surface area contributed by atoms with E-state index >= 15 is 0 Å². The van der Waals surface area contributed by atoms with E-state index in [0.29, 0.717) is 5.69 Å². The number of rotatable bonds is 27. The van der Waals surface area contributed by atoms with Crippen molar-refractivity contribution in [2.75, 3.05) is 45.0 Å². The Bertz CT molecular complexity index is 2830. The van der Waals surface area contributed by atoms with E-state index in [-0.39, 0.29) is 120 Å². The highest BCUT2D eigenvalue weighted by Gasteiger charge is 2.40. The van der Waals surface area contributed by atoms with Gasteiger partial charge >= 0.3 is 11.9 Å². The van der Waals surface area contributed by atoms with Crippen LogP contribution in [0.4, 0.5) is 0 Å². The first-order valence-corrected chi connectivity index (χ1v) is 31.7. The van der Waals surface area contributed by atoms with Crippen LogP contribution in [0.1, 0.15) is 97.6 Å². The van der Waals surface area contributed by atoms with Crippen molar-refractivity contribution in [2.45, 2.75) is 157 Å². The Morgan fingerprint density at radius 3 is 1.61 bits per heavy atom. The van der Waals surface area contributed by atoms with Gasteiger partial charge < -0.3 is 120 Å². The highest BCUT2D eigenvalue weighted by Crippen LogP contribution is 2.39. The normalized spacial score (nSPS) is 21.5. The van der Waals surface area contributed by atoms with E-state index in [0.717, 1.165) is 21.6 Å². The number of carboxylic acids is 2. The second-order valence-corrected chi connectivity index (χ2v) is 25.1. The van der Waals surface area contributed by atoms with Crippen LogP contribution in [0.3, 0.4) is 0 Å². The SMILES string of the molecule is CC(C)C[C@@H]1NC(=O)[C@H](CC(=O)O)NC(=O)CNC(=O)[C@H](CCCN=C(N)N)NC(=O)[C@H](Cc2cnc[nH]2)NC(=O)CNC(=O)[C@H](NC(=O)[C@@H](N)CCCN=C(N)N)C(C)(C)SSC[C@@H](C(=O)N[C@@H](CCCN=C(N)N)C(=O)O)NC(=O)[C@H](CCCN=C(N)N)NC1=O. The summed E-state index contributed by atoms with van der Waals surface area (Å²) in [6.07, 6.45) is 0.896. The molecule has 41 heteroatoms. The van der Waals surface area contributed by atoms with E-state index in [2.05, 4.69) is 83.1 Å². The number of H-pyrrole nitrogens is 1. The highest BCUT2D eigenvalue weighted by atomic mass is 33.1. The minimum atomic E-state index is -1.89. The van der Waals surface area contributed by atoms with Gasteiger partial charge in [0.2, 0.25) is 59.1 Å². The number of carbonyl (C=O) groups is 12. The van der Waals surface area contributed by atoms with Crippen LogP contribution in [-0.4, -0.2) is 219 Å². The summed E-state index contributed by atoms with van der Waals surface area (Å²) in [6.45, 7) is 4.54. The maximum atomic E-state index is 14.6. The molecule has 1 saturated heterocycles. The number of aliphatic carboxylic acids is 2. The number of aliphatic imine (C=N–C) groups is 4. The molecule has 1 aliphatic rings. The predicted octanol–water partition coefficient (Wildman–Crippen LogP) is -8.62. The minimum Gasteiger partial charge on any atom is -0.481 e. The maximum Gasteiger partial charge on any atom is 0.326 e. The van der Waals surface area contributed by atoms with Crippen LogP contribution in [-0.2, 0) is 64.0 Å². The lowest BCUT2D eigenvalue weighted by atomic mass is 10.0. The molecule has 0 spiro atoms. The van der Waals surface area contributed by atoms with E-state index in [1.165, 1.54) is 26.4 Å². The number of hydrogen-bond acceptors (Lipinski definition) is 20. The van der Waals surface area contributed by atoms with Gasteiger partial charge in [0.05, 0.1) is 31.9 Å². The third-order valence-corrected chi connectivity index (χ3v) is 16.6. The van der Waals surface area contributed by atoms with Crippen molar-refractivity contribution in [3.05, 3.63) is 18.2 Å². The first-order valence-electron chi connectivity index (χ1n) is 29.3. The molecule has 0 saturated carbocycles. The van der Waals surface area contributed by atoms with Gasteiger partial charge in [-0.25, -0.2) is 9.78 Å². The lowest BCUT2D eigenvalue weighted by molar-refractivity contribution is -0.142. The van der Waals surface area contributed by atoms with Crippen LogP contribution < -0.4 is 105 Å². The summed E-state index contributed by atoms with van der Waals surface area (Å²) in [6, 6.07) is -14.1. The molecule has 0 aromatic carbocycles. The van der Waals surface area contributed by atoms with E-state index < -0.39 is 155 Å². The number of nitrogens with two attached hydrogens (primary N) is 9. The summed E-state index contributed by atoms with van der Waals surface area (Å²) in [7, 11) is 1.74. The van der Waals surface area contributed by atoms with Gasteiger partial charge in [-0.1, -0.05) is 35.4 Å². The molecule has 10 amide bonds. The fourth-order valence-electron chi connectivity index (χ4n) is 8.57. The summed E-state index contributed by atoms with van der Waals surface area (Å²) in [5.74, 6) is -15.1. The molecule has 520 valence electrons. The zero-order valence-corrected chi connectivity index (χ0v) is 53.8. The van der Waals surface area contributed by atoms with E-state index in [9.17, 15) is 67.7 Å². The molecule has 93 heavy (non-hydrogen) atoms. The standard InChI is InChI=1S/C52H91N25O14S2/c1-25(2)17-31-42(85)73-29(11-7-15-65-50(58)59)41(84)76-34(45(88)74-30(47(90)91)12-8-16-66-51(60)61)23-92-93-52(3,4)38(77-39(82)27(53)9-5-13-63-48(54)55)46(89)68-22-36(79)70-32(18-26-20-62-24-69-26)43(86)72-28(10-6-14-64-49(56)57)40(83)67-21-35(78)71-33(19-37(80)81)44(87)75-31/h20,24-25,27-34,38H,5-19,21-23,53H2,1-4H3,(H,62,69)(H,67,83)(H,68,89)(H,70,79)(H,71,78)(H,72,86)(H,73,85)(H,74,88)(H,75,87)(H,76,84)(H,77,82)(H,80,81)(H,90,91)(H4,54,55,63)(H4,56,57,64)(H4,58,59,65)(H4,60,61,66)/t27-,28-,29-,30-,31-,32-,33-,34-,38-/m0/s1. The molecular weight excluding hydrogens is 1260 g/mol. The monoisotopic (exact) mass is 1350 g/mol. The lowest BCUT2D eigenvalue weighted by Gasteiger charge is -2.34. The molecule has 0 aliphatic carbocycles. The Balaban J connectivity index is 2.92. The number of guanidine groups is 4. The van der Waals surface area contributed by atoms with Crippen LogP contribution in [0.2, 0.25) is 0 Å². The van der Waals surface area contributed by atoms with E-state index in [1.54, 1.807) is 13.8 Å². The summed E-state index contributed by atoms with van der Waals surface area (Å²) < 4.78 is -1.47. The Hall–Kier alpha value is -9.41. The smallest absolute Gasteiger partial charge is 0.326 e. The molecule has 31 N–H and O–H groups in total. The van der Waals surface area contributed by atoms with Crippen molar-refractivity contribution < 1.29 is 67.7 Å². The van der Waals surface area contributed by atoms with Crippen LogP contribution in [0.25, 0.3) is 0 Å². The van der Waals surface area contributed by atoms with Crippen molar-refractivity contribution in [3.63, 3.8) is 0 Å². The second kappa shape index (κ2) is 41.1. The van der Waals surface area contributed by atoms with Crippen LogP contribution in [0, 0.1) is 5.92 Å². The fourth-order valence-corrected chi connectivity index (χ4v) is 11.4. The van der Waals surface area contributed by atoms with Gasteiger partial charge in [0.15, 0.2) is 23.8 Å². The maximum absolute atomic E-state index is 14.6. The number of hydrogen-bond donors (Lipinski definition) is 22. The Kier molecular flexibility index (Phi) is 35.3. The largest absolute Gasteiger partial charge is 0.481 e. The number of amides is 10. The zero-order chi connectivity index (χ0) is 70.0. The average molecular weight is 1350 g/mol. The number of carbonyl (C=O) groups excluding carboxylic acids is 10. The van der Waals surface area contributed by atoms with Gasteiger partial charge in [0.1, 0.15) is 48.3 Å². The summed E-state index contributed by atoms with van der Waals surface area (Å²) in [5.41, 5.74) is 50.4. The molecule has 1 aromatic rings. The van der Waals surface area contributed by atoms with Gasteiger partial charge in [-0.2, -0.15) is 0 Å². The van der Waals surface area contributed by atoms with E-state index in [4.69, 9.17) is 51.6 Å². The molecule has 2 heterocycles. The van der Waals surface area contributed by atoms with Gasteiger partial charge in [-0.05, 0) is 77.6 Å². The summed E-state index contributed by atoms with van der Waals surface area (Å²) in [4.78, 5) is 188. The quantitative estimate of drug-likeness (QED) is 0.0168. The molecule has 1 fully saturated rings. The minimum absolute atomic E-state index is 0.000862. The first-order chi connectivity index (χ1) is 43.7. The number of aromatic amines is 1. The fraction of sp³-hybridized carbons (Fsp3) is 0.635. The number of nitrogens with one attached hydrogen (secondary N) is 11. The highest BCUT2D eigenvalue weighted by molar-refractivity contribution is 8.77. The van der Waals surface area contributed by atoms with Crippen LogP contribution >= 0.6 is 21.6 Å². The van der Waals surface area contributed by atoms with Crippen molar-refractivity contribution in [3.8, 4) is 0 Å². The number of aromatic nitrogens is 2. The predicted molar refractivity (Wildman–Crippen MR) is 345 cm³/mol. The first kappa shape index (κ1) is 79.7. The van der Waals surface area contributed by atoms with E-state index in [1.807, 2.05) is 0 Å². The Morgan fingerprint density at radius 1 is 0.634 bits per heavy atom. The molecule has 1 aromatic heterocycles. The molecule has 1 aliphatic heterocycles. The van der Waals surface area contributed by atoms with Gasteiger partial charge in [0.25, 0.3) is 0 Å². The topological polar surface area (TPSA) is 678 Å². The van der Waals surface area contributed by atoms with Gasteiger partial charge in [0, 0.05) is 55.0 Å². The van der Waals surface area contributed by atoms with Crippen molar-refractivity contribution in [1.82, 2.24) is 63.1 Å².